The van der Waals surface area contributed by atoms with Crippen LogP contribution in [0, 0.1) is 0 Å². The normalized spacial score (nSPS) is 10.5. The first-order valence-electron chi connectivity index (χ1n) is 7.31. The maximum absolute atomic E-state index is 12.1. The summed E-state index contributed by atoms with van der Waals surface area (Å²) in [4.78, 5) is 12.1. The van der Waals surface area contributed by atoms with Crippen LogP contribution in [0.5, 0.6) is 0 Å². The van der Waals surface area contributed by atoms with Crippen molar-refractivity contribution in [2.24, 2.45) is 0 Å². The second kappa shape index (κ2) is 6.31. The molecule has 1 aromatic heterocycles. The largest absolute Gasteiger partial charge is 0.351 e. The van der Waals surface area contributed by atoms with Gasteiger partial charge in [-0.15, -0.1) is 6.58 Å². The number of benzene rings is 2. The lowest BCUT2D eigenvalue weighted by atomic mass is 10.1. The molecule has 0 fully saturated rings. The fourth-order valence-corrected chi connectivity index (χ4v) is 2.61. The summed E-state index contributed by atoms with van der Waals surface area (Å²) < 4.78 is 2.06. The van der Waals surface area contributed by atoms with Crippen LogP contribution in [0.3, 0.4) is 0 Å². The van der Waals surface area contributed by atoms with Crippen molar-refractivity contribution in [3.8, 4) is 11.3 Å². The number of nitrogens with zero attached hydrogens (tertiary/aromatic N) is 1. The van der Waals surface area contributed by atoms with Gasteiger partial charge in [-0.3, -0.25) is 4.79 Å². The third-order valence-electron chi connectivity index (χ3n) is 3.63. The molecule has 0 saturated carbocycles. The lowest BCUT2D eigenvalue weighted by Gasteiger charge is -2.11. The number of amides is 1. The van der Waals surface area contributed by atoms with Crippen LogP contribution < -0.4 is 5.32 Å². The first-order valence-corrected chi connectivity index (χ1v) is 7.31. The van der Waals surface area contributed by atoms with Gasteiger partial charge in [0, 0.05) is 23.1 Å². The number of hydrogen-bond acceptors (Lipinski definition) is 1. The number of aromatic nitrogens is 1. The Balaban J connectivity index is 2.05. The van der Waals surface area contributed by atoms with Crippen molar-refractivity contribution in [2.75, 3.05) is 6.54 Å². The Hall–Kier alpha value is -2.81. The standard InChI is InChI=1S/C19H18N2O/c1-2-12-20-19(22)14-21-17-11-7-6-10-16(17)13-18(21)15-8-4-3-5-9-15/h2-11,13H,1,12,14H2,(H,20,22). The van der Waals surface area contributed by atoms with E-state index < -0.39 is 0 Å². The highest BCUT2D eigenvalue weighted by Crippen LogP contribution is 2.28. The van der Waals surface area contributed by atoms with Gasteiger partial charge in [-0.1, -0.05) is 54.6 Å². The molecule has 0 unspecified atom stereocenters. The van der Waals surface area contributed by atoms with E-state index in [0.29, 0.717) is 13.1 Å². The minimum absolute atomic E-state index is 0.0153. The quantitative estimate of drug-likeness (QED) is 0.716. The zero-order chi connectivity index (χ0) is 15.4. The monoisotopic (exact) mass is 290 g/mol. The molecular formula is C19H18N2O. The van der Waals surface area contributed by atoms with Gasteiger partial charge in [-0.2, -0.15) is 0 Å². The number of carbonyl (C=O) groups excluding carboxylic acids is 1. The number of hydrogen-bond donors (Lipinski definition) is 1. The van der Waals surface area contributed by atoms with Crippen molar-refractivity contribution in [2.45, 2.75) is 6.54 Å². The second-order valence-corrected chi connectivity index (χ2v) is 5.13. The van der Waals surface area contributed by atoms with E-state index >= 15 is 0 Å². The van der Waals surface area contributed by atoms with Crippen LogP contribution in [-0.4, -0.2) is 17.0 Å². The summed E-state index contributed by atoms with van der Waals surface area (Å²) in [7, 11) is 0. The van der Waals surface area contributed by atoms with Crippen LogP contribution in [0.4, 0.5) is 0 Å². The lowest BCUT2D eigenvalue weighted by molar-refractivity contribution is -0.121. The number of carbonyl (C=O) groups is 1. The maximum Gasteiger partial charge on any atom is 0.240 e. The Morgan fingerprint density at radius 2 is 1.82 bits per heavy atom. The molecule has 0 aliphatic carbocycles. The molecule has 3 rings (SSSR count). The Kier molecular flexibility index (Phi) is 4.05. The molecule has 1 N–H and O–H groups in total. The molecular weight excluding hydrogens is 272 g/mol. The van der Waals surface area contributed by atoms with Crippen molar-refractivity contribution in [3.05, 3.63) is 73.3 Å². The molecule has 0 atom stereocenters. The Bertz CT molecular complexity index is 803. The zero-order valence-electron chi connectivity index (χ0n) is 12.3. The molecule has 2 aromatic carbocycles. The molecule has 22 heavy (non-hydrogen) atoms. The summed E-state index contributed by atoms with van der Waals surface area (Å²) in [6.07, 6.45) is 1.68. The maximum atomic E-state index is 12.1. The van der Waals surface area contributed by atoms with Crippen molar-refractivity contribution in [3.63, 3.8) is 0 Å². The molecule has 3 nitrogen and oxygen atoms in total. The molecule has 0 radical (unpaired) electrons. The highest BCUT2D eigenvalue weighted by Gasteiger charge is 2.12. The van der Waals surface area contributed by atoms with Gasteiger partial charge in [0.25, 0.3) is 0 Å². The molecule has 0 aliphatic rings. The van der Waals surface area contributed by atoms with Gasteiger partial charge in [-0.05, 0) is 17.7 Å². The molecule has 3 heteroatoms. The van der Waals surface area contributed by atoms with Gasteiger partial charge in [0.05, 0.1) is 0 Å². The predicted molar refractivity (Wildman–Crippen MR) is 90.6 cm³/mol. The number of nitrogens with one attached hydrogen (secondary N) is 1. The van der Waals surface area contributed by atoms with E-state index in [1.807, 2.05) is 36.4 Å². The van der Waals surface area contributed by atoms with E-state index in [4.69, 9.17) is 0 Å². The molecule has 0 aliphatic heterocycles. The van der Waals surface area contributed by atoms with E-state index in [2.05, 4.69) is 40.7 Å². The van der Waals surface area contributed by atoms with Crippen LogP contribution in [-0.2, 0) is 11.3 Å². The third-order valence-corrected chi connectivity index (χ3v) is 3.63. The van der Waals surface area contributed by atoms with Crippen molar-refractivity contribution < 1.29 is 4.79 Å². The third kappa shape index (κ3) is 2.79. The number of para-hydroxylation sites is 1. The van der Waals surface area contributed by atoms with Crippen LogP contribution >= 0.6 is 0 Å². The number of fused-ring (bicyclic) bond motifs is 1. The minimum Gasteiger partial charge on any atom is -0.351 e. The smallest absolute Gasteiger partial charge is 0.240 e. The summed E-state index contributed by atoms with van der Waals surface area (Å²) in [5, 5.41) is 3.97. The van der Waals surface area contributed by atoms with Crippen molar-refractivity contribution in [1.29, 1.82) is 0 Å². The SMILES string of the molecule is C=CCNC(=O)Cn1c(-c2ccccc2)cc2ccccc21. The zero-order valence-corrected chi connectivity index (χ0v) is 12.3. The summed E-state index contributed by atoms with van der Waals surface area (Å²) in [6, 6.07) is 20.4. The van der Waals surface area contributed by atoms with Gasteiger partial charge in [0.15, 0.2) is 0 Å². The highest BCUT2D eigenvalue weighted by molar-refractivity contribution is 5.89. The van der Waals surface area contributed by atoms with Crippen molar-refractivity contribution >= 4 is 16.8 Å². The van der Waals surface area contributed by atoms with E-state index in [9.17, 15) is 4.79 Å². The topological polar surface area (TPSA) is 34.0 Å². The van der Waals surface area contributed by atoms with Crippen LogP contribution in [0.15, 0.2) is 73.3 Å². The molecule has 1 amide bonds. The summed E-state index contributed by atoms with van der Waals surface area (Å²) >= 11 is 0. The molecule has 1 heterocycles. The van der Waals surface area contributed by atoms with E-state index in [1.54, 1.807) is 6.08 Å². The Morgan fingerprint density at radius 1 is 1.09 bits per heavy atom. The second-order valence-electron chi connectivity index (χ2n) is 5.13. The van der Waals surface area contributed by atoms with Crippen LogP contribution in [0.25, 0.3) is 22.2 Å². The van der Waals surface area contributed by atoms with E-state index in [1.165, 1.54) is 0 Å². The first kappa shape index (κ1) is 14.1. The molecule has 0 spiro atoms. The summed E-state index contributed by atoms with van der Waals surface area (Å²) in [5.74, 6) is -0.0153. The van der Waals surface area contributed by atoms with E-state index in [0.717, 1.165) is 22.2 Å². The first-order chi connectivity index (χ1) is 10.8. The minimum atomic E-state index is -0.0153. The molecule has 0 saturated heterocycles. The molecule has 3 aromatic rings. The summed E-state index contributed by atoms with van der Waals surface area (Å²) in [6.45, 7) is 4.41. The summed E-state index contributed by atoms with van der Waals surface area (Å²) in [5.41, 5.74) is 3.22. The Labute approximate surface area is 129 Å². The fourth-order valence-electron chi connectivity index (χ4n) is 2.61. The molecule has 110 valence electrons. The van der Waals surface area contributed by atoms with Crippen LogP contribution in [0.1, 0.15) is 0 Å². The predicted octanol–water partition coefficient (Wildman–Crippen LogP) is 3.61. The van der Waals surface area contributed by atoms with Crippen molar-refractivity contribution in [1.82, 2.24) is 9.88 Å². The Morgan fingerprint density at radius 3 is 2.59 bits per heavy atom. The van der Waals surface area contributed by atoms with Gasteiger partial charge in [0.2, 0.25) is 5.91 Å². The average Bonchev–Trinajstić information content (AvgIpc) is 2.92. The highest BCUT2D eigenvalue weighted by atomic mass is 16.1. The number of rotatable bonds is 5. The van der Waals surface area contributed by atoms with Gasteiger partial charge >= 0.3 is 0 Å². The van der Waals surface area contributed by atoms with E-state index in [-0.39, 0.29) is 5.91 Å². The fraction of sp³-hybridized carbons (Fsp3) is 0.105. The molecule has 0 bridgehead atoms. The van der Waals surface area contributed by atoms with Gasteiger partial charge < -0.3 is 9.88 Å². The average molecular weight is 290 g/mol. The van der Waals surface area contributed by atoms with Crippen LogP contribution in [0.2, 0.25) is 0 Å². The van der Waals surface area contributed by atoms with Gasteiger partial charge in [0.1, 0.15) is 6.54 Å². The van der Waals surface area contributed by atoms with Gasteiger partial charge in [-0.25, -0.2) is 0 Å². The lowest BCUT2D eigenvalue weighted by Crippen LogP contribution is -2.27.